The van der Waals surface area contributed by atoms with Gasteiger partial charge in [-0.1, -0.05) is 18.6 Å². The third-order valence-corrected chi connectivity index (χ3v) is 3.67. The van der Waals surface area contributed by atoms with Crippen molar-refractivity contribution in [3.8, 4) is 6.07 Å². The van der Waals surface area contributed by atoms with Gasteiger partial charge >= 0.3 is 5.97 Å². The summed E-state index contributed by atoms with van der Waals surface area (Å²) in [5, 5.41) is 21.3. The molecule has 1 aliphatic carbocycles. The van der Waals surface area contributed by atoms with Gasteiger partial charge in [-0.25, -0.2) is 0 Å². The molecular formula is C15H18N2O2. The lowest BCUT2D eigenvalue weighted by molar-refractivity contribution is -0.143. The van der Waals surface area contributed by atoms with Gasteiger partial charge in [0.15, 0.2) is 0 Å². The van der Waals surface area contributed by atoms with Crippen molar-refractivity contribution >= 4 is 5.97 Å². The molecule has 19 heavy (non-hydrogen) atoms. The van der Waals surface area contributed by atoms with Crippen LogP contribution in [0.2, 0.25) is 0 Å². The molecule has 2 unspecified atom stereocenters. The molecule has 1 aromatic carbocycles. The van der Waals surface area contributed by atoms with Gasteiger partial charge in [-0.05, 0) is 37.0 Å². The second-order valence-electron chi connectivity index (χ2n) is 5.09. The van der Waals surface area contributed by atoms with E-state index in [9.17, 15) is 4.79 Å². The summed E-state index contributed by atoms with van der Waals surface area (Å²) >= 11 is 0. The smallest absolute Gasteiger partial charge is 0.306 e. The first kappa shape index (κ1) is 13.6. The lowest BCUT2D eigenvalue weighted by Crippen LogP contribution is -2.36. The Kier molecular flexibility index (Phi) is 4.53. The van der Waals surface area contributed by atoms with E-state index in [1.54, 1.807) is 6.07 Å². The molecule has 100 valence electrons. The van der Waals surface area contributed by atoms with Crippen molar-refractivity contribution in [3.63, 3.8) is 0 Å². The van der Waals surface area contributed by atoms with Crippen LogP contribution in [-0.4, -0.2) is 17.1 Å². The fourth-order valence-corrected chi connectivity index (χ4v) is 2.61. The minimum absolute atomic E-state index is 0.211. The van der Waals surface area contributed by atoms with Crippen LogP contribution in [-0.2, 0) is 11.3 Å². The number of nitriles is 1. The van der Waals surface area contributed by atoms with Crippen LogP contribution < -0.4 is 5.32 Å². The molecule has 0 saturated heterocycles. The summed E-state index contributed by atoms with van der Waals surface area (Å²) in [5.41, 5.74) is 1.72. The molecular weight excluding hydrogens is 240 g/mol. The molecule has 0 bridgehead atoms. The van der Waals surface area contributed by atoms with Crippen LogP contribution in [0.3, 0.4) is 0 Å². The Morgan fingerprint density at radius 3 is 3.05 bits per heavy atom. The van der Waals surface area contributed by atoms with E-state index in [2.05, 4.69) is 11.4 Å². The molecule has 1 aliphatic rings. The topological polar surface area (TPSA) is 73.1 Å². The monoisotopic (exact) mass is 258 g/mol. The zero-order valence-electron chi connectivity index (χ0n) is 10.8. The van der Waals surface area contributed by atoms with E-state index in [4.69, 9.17) is 10.4 Å². The van der Waals surface area contributed by atoms with E-state index in [-0.39, 0.29) is 12.0 Å². The van der Waals surface area contributed by atoms with E-state index >= 15 is 0 Å². The number of carbonyl (C=O) groups is 1. The van der Waals surface area contributed by atoms with E-state index in [1.807, 2.05) is 18.2 Å². The summed E-state index contributed by atoms with van der Waals surface area (Å²) in [6, 6.07) is 9.88. The maximum atomic E-state index is 11.0. The van der Waals surface area contributed by atoms with Gasteiger partial charge in [-0.2, -0.15) is 5.26 Å². The average Bonchev–Trinajstić information content (AvgIpc) is 2.45. The van der Waals surface area contributed by atoms with E-state index < -0.39 is 5.97 Å². The number of carboxylic acids is 1. The second-order valence-corrected chi connectivity index (χ2v) is 5.09. The standard InChI is InChI=1S/C15H18N2O2/c16-9-11-3-1-4-12(7-11)10-17-14-6-2-5-13(8-14)15(18)19/h1,3-4,7,13-14,17H,2,5-6,8,10H2,(H,18,19). The summed E-state index contributed by atoms with van der Waals surface area (Å²) in [6.07, 6.45) is 3.49. The quantitative estimate of drug-likeness (QED) is 0.869. The summed E-state index contributed by atoms with van der Waals surface area (Å²) in [4.78, 5) is 11.0. The van der Waals surface area contributed by atoms with E-state index in [0.717, 1.165) is 24.8 Å². The second kappa shape index (κ2) is 6.35. The largest absolute Gasteiger partial charge is 0.481 e. The van der Waals surface area contributed by atoms with Gasteiger partial charge in [0.2, 0.25) is 0 Å². The Balaban J connectivity index is 1.88. The van der Waals surface area contributed by atoms with Gasteiger partial charge in [-0.3, -0.25) is 4.79 Å². The van der Waals surface area contributed by atoms with Crippen molar-refractivity contribution in [2.45, 2.75) is 38.3 Å². The summed E-state index contributed by atoms with van der Waals surface area (Å²) in [7, 11) is 0. The Labute approximate surface area is 113 Å². The predicted molar refractivity (Wildman–Crippen MR) is 71.4 cm³/mol. The number of benzene rings is 1. The van der Waals surface area contributed by atoms with Gasteiger partial charge in [0.1, 0.15) is 0 Å². The fourth-order valence-electron chi connectivity index (χ4n) is 2.61. The molecule has 0 heterocycles. The summed E-state index contributed by atoms with van der Waals surface area (Å²) < 4.78 is 0. The highest BCUT2D eigenvalue weighted by Gasteiger charge is 2.26. The van der Waals surface area contributed by atoms with Crippen molar-refractivity contribution in [2.24, 2.45) is 5.92 Å². The van der Waals surface area contributed by atoms with Crippen molar-refractivity contribution in [2.75, 3.05) is 0 Å². The zero-order chi connectivity index (χ0) is 13.7. The maximum absolute atomic E-state index is 11.0. The molecule has 2 atom stereocenters. The van der Waals surface area contributed by atoms with Crippen LogP contribution in [0.1, 0.15) is 36.8 Å². The highest BCUT2D eigenvalue weighted by Crippen LogP contribution is 2.24. The predicted octanol–water partition coefficient (Wildman–Crippen LogP) is 2.29. The first-order valence-corrected chi connectivity index (χ1v) is 6.64. The fraction of sp³-hybridized carbons (Fsp3) is 0.467. The summed E-state index contributed by atoms with van der Waals surface area (Å²) in [5.74, 6) is -0.894. The Hall–Kier alpha value is -1.86. The van der Waals surface area contributed by atoms with E-state index in [1.165, 1.54) is 0 Å². The molecule has 1 fully saturated rings. The van der Waals surface area contributed by atoms with Crippen molar-refractivity contribution in [1.29, 1.82) is 5.26 Å². The number of aliphatic carboxylic acids is 1. The van der Waals surface area contributed by atoms with Crippen molar-refractivity contribution in [3.05, 3.63) is 35.4 Å². The molecule has 2 rings (SSSR count). The van der Waals surface area contributed by atoms with Crippen molar-refractivity contribution in [1.82, 2.24) is 5.32 Å². The van der Waals surface area contributed by atoms with E-state index in [0.29, 0.717) is 18.5 Å². The molecule has 4 heteroatoms. The molecule has 0 radical (unpaired) electrons. The number of carboxylic acid groups (broad SMARTS) is 1. The number of rotatable bonds is 4. The third kappa shape index (κ3) is 3.80. The lowest BCUT2D eigenvalue weighted by Gasteiger charge is -2.27. The van der Waals surface area contributed by atoms with Crippen LogP contribution >= 0.6 is 0 Å². The van der Waals surface area contributed by atoms with Gasteiger partial charge in [-0.15, -0.1) is 0 Å². The Morgan fingerprint density at radius 1 is 1.47 bits per heavy atom. The molecule has 1 saturated carbocycles. The maximum Gasteiger partial charge on any atom is 0.306 e. The lowest BCUT2D eigenvalue weighted by atomic mass is 9.86. The molecule has 4 nitrogen and oxygen atoms in total. The highest BCUT2D eigenvalue weighted by atomic mass is 16.4. The number of nitrogens with zero attached hydrogens (tertiary/aromatic N) is 1. The number of hydrogen-bond acceptors (Lipinski definition) is 3. The van der Waals surface area contributed by atoms with Crippen LogP contribution in [0.25, 0.3) is 0 Å². The van der Waals surface area contributed by atoms with Crippen molar-refractivity contribution < 1.29 is 9.90 Å². The first-order chi connectivity index (χ1) is 9.19. The average molecular weight is 258 g/mol. The molecule has 0 aromatic heterocycles. The zero-order valence-corrected chi connectivity index (χ0v) is 10.8. The van der Waals surface area contributed by atoms with Crippen LogP contribution in [0.15, 0.2) is 24.3 Å². The molecule has 0 spiro atoms. The molecule has 2 N–H and O–H groups in total. The van der Waals surface area contributed by atoms with Gasteiger partial charge in [0, 0.05) is 12.6 Å². The van der Waals surface area contributed by atoms with Crippen LogP contribution in [0.5, 0.6) is 0 Å². The molecule has 0 aliphatic heterocycles. The Bertz CT molecular complexity index is 493. The van der Waals surface area contributed by atoms with Crippen LogP contribution in [0, 0.1) is 17.2 Å². The molecule has 1 aromatic rings. The SMILES string of the molecule is N#Cc1cccc(CNC2CCCC(C(=O)O)C2)c1. The Morgan fingerprint density at radius 2 is 2.32 bits per heavy atom. The minimum Gasteiger partial charge on any atom is -0.481 e. The first-order valence-electron chi connectivity index (χ1n) is 6.64. The molecule has 0 amide bonds. The summed E-state index contributed by atoms with van der Waals surface area (Å²) in [6.45, 7) is 0.687. The minimum atomic E-state index is -0.682. The third-order valence-electron chi connectivity index (χ3n) is 3.67. The van der Waals surface area contributed by atoms with Gasteiger partial charge < -0.3 is 10.4 Å². The number of hydrogen-bond donors (Lipinski definition) is 2. The normalized spacial score (nSPS) is 22.7. The van der Waals surface area contributed by atoms with Gasteiger partial charge in [0.05, 0.1) is 17.6 Å². The highest BCUT2D eigenvalue weighted by molar-refractivity contribution is 5.70. The van der Waals surface area contributed by atoms with Gasteiger partial charge in [0.25, 0.3) is 0 Å². The van der Waals surface area contributed by atoms with Crippen LogP contribution in [0.4, 0.5) is 0 Å². The number of nitrogens with one attached hydrogen (secondary N) is 1.